The molecule has 2 unspecified atom stereocenters. The van der Waals surface area contributed by atoms with Crippen LogP contribution in [0.5, 0.6) is 0 Å². The van der Waals surface area contributed by atoms with E-state index in [4.69, 9.17) is 6.11 Å². The van der Waals surface area contributed by atoms with E-state index in [0.717, 1.165) is 43.4 Å². The first kappa shape index (κ1) is 16.7. The zero-order chi connectivity index (χ0) is 18.2. The second kappa shape index (κ2) is 9.21. The fraction of sp³-hybridized carbons (Fsp3) is 0.526. The van der Waals surface area contributed by atoms with E-state index in [1.807, 2.05) is 20.2 Å². The molecule has 1 aromatic carbocycles. The summed E-state index contributed by atoms with van der Waals surface area (Å²) in [5.74, 6) is 0.0786. The van der Waals surface area contributed by atoms with Crippen LogP contribution in [0, 0.1) is 6.92 Å². The molecule has 0 spiro atoms. The van der Waals surface area contributed by atoms with Crippen LogP contribution in [0.25, 0.3) is 0 Å². The molecule has 2 atom stereocenters. The van der Waals surface area contributed by atoms with Gasteiger partial charge in [0.1, 0.15) is 6.10 Å². The molecule has 130 valence electrons. The van der Waals surface area contributed by atoms with Gasteiger partial charge in [0.05, 0.1) is 5.69 Å². The van der Waals surface area contributed by atoms with Crippen LogP contribution >= 0.6 is 0 Å². The number of rotatable bonds is 9. The van der Waals surface area contributed by atoms with Crippen LogP contribution < -0.4 is 0 Å². The fourth-order valence-corrected chi connectivity index (χ4v) is 2.90. The molecule has 2 aromatic rings. The Kier molecular flexibility index (Phi) is 6.40. The van der Waals surface area contributed by atoms with Gasteiger partial charge in [-0.05, 0) is 38.2 Å². The van der Waals surface area contributed by atoms with E-state index in [-0.39, 0.29) is 12.0 Å². The number of carbonyl (C=O) groups excluding carboxylic acids is 1. The molecule has 0 bridgehead atoms. The molecule has 0 amide bonds. The van der Waals surface area contributed by atoms with Gasteiger partial charge in [0.2, 0.25) is 0 Å². The van der Waals surface area contributed by atoms with E-state index < -0.39 is 6.45 Å². The molecule has 1 aromatic heterocycles. The van der Waals surface area contributed by atoms with Crippen LogP contribution in [-0.2, 0) is 23.0 Å². The predicted molar refractivity (Wildman–Crippen MR) is 93.7 cm³/mol. The van der Waals surface area contributed by atoms with Crippen LogP contribution in [0.4, 0.5) is 0 Å². The van der Waals surface area contributed by atoms with Crippen molar-refractivity contribution in [3.8, 4) is 0 Å². The van der Waals surface area contributed by atoms with E-state index in [1.165, 1.54) is 5.56 Å². The van der Waals surface area contributed by atoms with Gasteiger partial charge in [-0.15, -0.1) is 5.10 Å². The van der Waals surface area contributed by atoms with Gasteiger partial charge in [0.15, 0.2) is 1.37 Å². The average molecular weight is 330 g/mol. The molecule has 0 saturated heterocycles. The monoisotopic (exact) mass is 330 g/mol. The zero-order valence-corrected chi connectivity index (χ0v) is 14.7. The second-order valence-electron chi connectivity index (χ2n) is 6.42. The molecule has 0 aliphatic carbocycles. The summed E-state index contributed by atoms with van der Waals surface area (Å²) in [5.41, 5.74) is 3.34. The number of nitrogens with zero attached hydrogens (tertiary/aromatic N) is 3. The van der Waals surface area contributed by atoms with Crippen LogP contribution in [0.1, 0.15) is 56.7 Å². The van der Waals surface area contributed by atoms with Gasteiger partial charge in [0.25, 0.3) is 6.45 Å². The molecule has 0 fully saturated rings. The summed E-state index contributed by atoms with van der Waals surface area (Å²) in [4.78, 5) is 11.1. The van der Waals surface area contributed by atoms with Crippen molar-refractivity contribution in [2.24, 2.45) is 7.05 Å². The third-order valence-electron chi connectivity index (χ3n) is 4.43. The Labute approximate surface area is 145 Å². The Hall–Kier alpha value is -2.17. The summed E-state index contributed by atoms with van der Waals surface area (Å²) in [7, 11) is 1.86. The highest BCUT2D eigenvalue weighted by Gasteiger charge is 2.19. The van der Waals surface area contributed by atoms with Crippen LogP contribution in [-0.4, -0.2) is 27.5 Å². The van der Waals surface area contributed by atoms with Crippen molar-refractivity contribution < 1.29 is 10.9 Å². The lowest BCUT2D eigenvalue weighted by molar-refractivity contribution is -0.134. The minimum Gasteiger partial charge on any atom is -0.464 e. The number of aromatic nitrogens is 3. The first-order chi connectivity index (χ1) is 12.0. The van der Waals surface area contributed by atoms with E-state index in [0.29, 0.717) is 0 Å². The SMILES string of the molecule is [2H]C(=O)OC(CCCCCc1cn(C)nn1)C(C)c1ccc(C)cc1. The van der Waals surface area contributed by atoms with Crippen molar-refractivity contribution in [3.63, 3.8) is 0 Å². The molecule has 0 N–H and O–H groups in total. The number of benzene rings is 1. The Balaban J connectivity index is 1.82. The van der Waals surface area contributed by atoms with E-state index in [9.17, 15) is 4.79 Å². The largest absolute Gasteiger partial charge is 0.464 e. The highest BCUT2D eigenvalue weighted by Crippen LogP contribution is 2.25. The number of hydrogen-bond acceptors (Lipinski definition) is 4. The van der Waals surface area contributed by atoms with E-state index >= 15 is 0 Å². The first-order valence-corrected chi connectivity index (χ1v) is 8.54. The van der Waals surface area contributed by atoms with Crippen molar-refractivity contribution in [2.45, 2.75) is 58.0 Å². The quantitative estimate of drug-likeness (QED) is 0.521. The second-order valence-corrected chi connectivity index (χ2v) is 6.42. The Morgan fingerprint density at radius 3 is 2.67 bits per heavy atom. The average Bonchev–Trinajstić information content (AvgIpc) is 2.98. The fourth-order valence-electron chi connectivity index (χ4n) is 2.90. The third-order valence-corrected chi connectivity index (χ3v) is 4.43. The molecule has 0 aliphatic heterocycles. The third kappa shape index (κ3) is 5.48. The van der Waals surface area contributed by atoms with Gasteiger partial charge in [-0.1, -0.05) is 48.4 Å². The first-order valence-electron chi connectivity index (χ1n) is 9.04. The molecule has 1 heterocycles. The van der Waals surface area contributed by atoms with Gasteiger partial charge in [-0.2, -0.15) is 0 Å². The predicted octanol–water partition coefficient (Wildman–Crippen LogP) is 3.57. The number of aryl methyl sites for hydroxylation is 3. The molecular weight excluding hydrogens is 302 g/mol. The smallest absolute Gasteiger partial charge is 0.293 e. The molecule has 0 aliphatic rings. The minimum atomic E-state index is -0.955. The Bertz CT molecular complexity index is 670. The van der Waals surface area contributed by atoms with Gasteiger partial charge < -0.3 is 4.74 Å². The highest BCUT2D eigenvalue weighted by atomic mass is 16.5. The molecule has 2 rings (SSSR count). The number of hydrogen-bond donors (Lipinski definition) is 0. The van der Waals surface area contributed by atoms with Crippen LogP contribution in [0.15, 0.2) is 30.5 Å². The Morgan fingerprint density at radius 1 is 1.29 bits per heavy atom. The molecular formula is C19H27N3O2. The summed E-state index contributed by atoms with van der Waals surface area (Å²) in [6.07, 6.45) is 5.40. The van der Waals surface area contributed by atoms with E-state index in [1.54, 1.807) is 4.68 Å². The van der Waals surface area contributed by atoms with Gasteiger partial charge in [0, 0.05) is 19.2 Å². The van der Waals surface area contributed by atoms with Crippen LogP contribution in [0.2, 0.25) is 0 Å². The lowest BCUT2D eigenvalue weighted by Crippen LogP contribution is -2.20. The van der Waals surface area contributed by atoms with Gasteiger partial charge in [-0.25, -0.2) is 0 Å². The molecule has 5 heteroatoms. The highest BCUT2D eigenvalue weighted by molar-refractivity contribution is 5.38. The maximum absolute atomic E-state index is 11.1. The van der Waals surface area contributed by atoms with Crippen molar-refractivity contribution in [3.05, 3.63) is 47.3 Å². The molecule has 0 saturated carbocycles. The summed E-state index contributed by atoms with van der Waals surface area (Å²) >= 11 is 0. The number of carbonyl (C=O) groups is 1. The maximum atomic E-state index is 11.1. The molecule has 5 nitrogen and oxygen atoms in total. The number of ether oxygens (including phenoxy) is 1. The van der Waals surface area contributed by atoms with Gasteiger partial charge >= 0.3 is 0 Å². The van der Waals surface area contributed by atoms with Crippen molar-refractivity contribution >= 4 is 6.45 Å². The summed E-state index contributed by atoms with van der Waals surface area (Å²) in [6, 6.07) is 8.26. The maximum Gasteiger partial charge on any atom is 0.293 e. The molecule has 0 radical (unpaired) electrons. The standard InChI is InChI=1S/C19H27N3O2/c1-15-9-11-17(12-10-15)16(2)19(24-14-23)8-6-4-5-7-18-13-22(3)21-20-18/h9-14,16,19H,4-8H2,1-3H3/i14D. The normalized spacial score (nSPS) is 14.0. The minimum absolute atomic E-state index is 0.0786. The van der Waals surface area contributed by atoms with E-state index in [2.05, 4.69) is 41.5 Å². The summed E-state index contributed by atoms with van der Waals surface area (Å²) in [5, 5.41) is 8.01. The lowest BCUT2D eigenvalue weighted by atomic mass is 9.91. The Morgan fingerprint density at radius 2 is 2.04 bits per heavy atom. The lowest BCUT2D eigenvalue weighted by Gasteiger charge is -2.23. The van der Waals surface area contributed by atoms with Crippen molar-refractivity contribution in [1.29, 1.82) is 0 Å². The molecule has 24 heavy (non-hydrogen) atoms. The zero-order valence-electron chi connectivity index (χ0n) is 15.7. The number of unbranched alkanes of at least 4 members (excludes halogenated alkanes) is 2. The summed E-state index contributed by atoms with van der Waals surface area (Å²) in [6.45, 7) is 4.10. The topological polar surface area (TPSA) is 57.0 Å². The van der Waals surface area contributed by atoms with Crippen molar-refractivity contribution in [2.75, 3.05) is 0 Å². The van der Waals surface area contributed by atoms with Crippen LogP contribution in [0.3, 0.4) is 0 Å². The summed E-state index contributed by atoms with van der Waals surface area (Å²) < 4.78 is 14.1. The van der Waals surface area contributed by atoms with Gasteiger partial charge in [-0.3, -0.25) is 9.48 Å². The van der Waals surface area contributed by atoms with Crippen molar-refractivity contribution in [1.82, 2.24) is 15.0 Å².